The average Bonchev–Trinajstić information content (AvgIpc) is 3.70. The van der Waals surface area contributed by atoms with E-state index in [2.05, 4.69) is 35.6 Å². The number of nitrogens with zero attached hydrogens (tertiary/aromatic N) is 6. The lowest BCUT2D eigenvalue weighted by atomic mass is 10.00. The fraction of sp³-hybridized carbons (Fsp3) is 0.270. The molecular formula is C37H37ClN6O3. The fourth-order valence-corrected chi connectivity index (χ4v) is 6.37. The summed E-state index contributed by atoms with van der Waals surface area (Å²) in [4.78, 5) is 48.9. The van der Waals surface area contributed by atoms with Crippen molar-refractivity contribution in [2.45, 2.75) is 39.8 Å². The number of fused-ring (bicyclic) bond motifs is 1. The van der Waals surface area contributed by atoms with Crippen molar-refractivity contribution >= 4 is 29.3 Å². The Morgan fingerprint density at radius 1 is 0.915 bits per heavy atom. The number of rotatable bonds is 11. The van der Waals surface area contributed by atoms with Crippen molar-refractivity contribution in [2.24, 2.45) is 13.0 Å². The Hall–Kier alpha value is -5.02. The van der Waals surface area contributed by atoms with Gasteiger partial charge in [-0.2, -0.15) is 5.10 Å². The minimum absolute atomic E-state index is 0.0489. The lowest BCUT2D eigenvalue weighted by Crippen LogP contribution is -2.41. The highest BCUT2D eigenvalue weighted by Gasteiger charge is 2.37. The predicted molar refractivity (Wildman–Crippen MR) is 181 cm³/mol. The zero-order valence-electron chi connectivity index (χ0n) is 26.9. The average molecular weight is 649 g/mol. The Bertz CT molecular complexity index is 1890. The van der Waals surface area contributed by atoms with E-state index in [1.165, 1.54) is 4.90 Å². The Morgan fingerprint density at radius 2 is 1.60 bits per heavy atom. The van der Waals surface area contributed by atoms with Crippen molar-refractivity contribution in [2.75, 3.05) is 13.1 Å². The van der Waals surface area contributed by atoms with E-state index in [0.29, 0.717) is 34.8 Å². The number of halogens is 1. The maximum Gasteiger partial charge on any atom is 0.274 e. The molecule has 240 valence electrons. The van der Waals surface area contributed by atoms with Gasteiger partial charge in [0.25, 0.3) is 17.7 Å². The molecule has 0 unspecified atom stereocenters. The van der Waals surface area contributed by atoms with Crippen LogP contribution in [0.25, 0.3) is 11.3 Å². The largest absolute Gasteiger partial charge is 0.328 e. The van der Waals surface area contributed by atoms with Gasteiger partial charge in [-0.1, -0.05) is 80.0 Å². The van der Waals surface area contributed by atoms with Gasteiger partial charge in [-0.3, -0.25) is 24.0 Å². The highest BCUT2D eigenvalue weighted by atomic mass is 35.5. The first-order valence-corrected chi connectivity index (χ1v) is 16.1. The van der Waals surface area contributed by atoms with Crippen LogP contribution < -0.4 is 0 Å². The van der Waals surface area contributed by atoms with Gasteiger partial charge in [-0.25, -0.2) is 4.98 Å². The number of carbonyl (C=O) groups excluding carboxylic acids is 3. The lowest BCUT2D eigenvalue weighted by Gasteiger charge is -2.34. The standard InChI is InChI=1S/C37H37ClN6O3/c1-24(2)33(34-39-32(27-14-10-15-28(38)21-27)23-42(34)22-26-12-6-5-7-13-26)43(37(47)31-20-25(3)41(4)40-31)18-11-19-44-35(45)29-16-8-9-17-30(29)36(44)46/h5-10,12-17,20-21,23-24,33H,11,18-19,22H2,1-4H3/t33-/m1/s1. The second kappa shape index (κ2) is 13.4. The minimum atomic E-state index is -0.455. The molecule has 2 aromatic heterocycles. The van der Waals surface area contributed by atoms with E-state index in [9.17, 15) is 14.4 Å². The van der Waals surface area contributed by atoms with Gasteiger partial charge in [0, 0.05) is 49.2 Å². The third-order valence-electron chi connectivity index (χ3n) is 8.61. The molecule has 0 aliphatic carbocycles. The van der Waals surface area contributed by atoms with Crippen LogP contribution in [0.2, 0.25) is 5.02 Å². The highest BCUT2D eigenvalue weighted by molar-refractivity contribution is 6.30. The smallest absolute Gasteiger partial charge is 0.274 e. The molecule has 0 radical (unpaired) electrons. The van der Waals surface area contributed by atoms with Crippen LogP contribution in [0.1, 0.15) is 74.6 Å². The van der Waals surface area contributed by atoms with Crippen LogP contribution in [0.4, 0.5) is 0 Å². The van der Waals surface area contributed by atoms with E-state index in [4.69, 9.17) is 16.6 Å². The molecule has 3 aromatic carbocycles. The number of benzene rings is 3. The van der Waals surface area contributed by atoms with Gasteiger partial charge in [-0.05, 0) is 55.2 Å². The van der Waals surface area contributed by atoms with Gasteiger partial charge in [0.2, 0.25) is 0 Å². The number of carbonyl (C=O) groups is 3. The second-order valence-electron chi connectivity index (χ2n) is 12.3. The minimum Gasteiger partial charge on any atom is -0.328 e. The Morgan fingerprint density at radius 3 is 2.21 bits per heavy atom. The van der Waals surface area contributed by atoms with Gasteiger partial charge >= 0.3 is 0 Å². The van der Waals surface area contributed by atoms with E-state index < -0.39 is 6.04 Å². The first kappa shape index (κ1) is 31.9. The third kappa shape index (κ3) is 6.49. The summed E-state index contributed by atoms with van der Waals surface area (Å²) in [6, 6.07) is 25.9. The topological polar surface area (TPSA) is 93.3 Å². The van der Waals surface area contributed by atoms with Crippen LogP contribution in [0, 0.1) is 12.8 Å². The molecule has 0 bridgehead atoms. The quantitative estimate of drug-likeness (QED) is 0.147. The van der Waals surface area contributed by atoms with Crippen molar-refractivity contribution in [3.8, 4) is 11.3 Å². The maximum atomic E-state index is 14.4. The number of aryl methyl sites for hydroxylation is 2. The molecular weight excluding hydrogens is 612 g/mol. The second-order valence-corrected chi connectivity index (χ2v) is 12.7. The first-order valence-electron chi connectivity index (χ1n) is 15.8. The molecule has 0 saturated carbocycles. The third-order valence-corrected chi connectivity index (χ3v) is 8.84. The zero-order valence-corrected chi connectivity index (χ0v) is 27.7. The van der Waals surface area contributed by atoms with Gasteiger partial charge in [0.15, 0.2) is 5.69 Å². The number of imidazole rings is 1. The lowest BCUT2D eigenvalue weighted by molar-refractivity contribution is 0.0570. The predicted octanol–water partition coefficient (Wildman–Crippen LogP) is 6.82. The summed E-state index contributed by atoms with van der Waals surface area (Å²) in [5.41, 5.74) is 4.71. The van der Waals surface area contributed by atoms with Gasteiger partial charge in [0.1, 0.15) is 5.82 Å². The van der Waals surface area contributed by atoms with Crippen molar-refractivity contribution in [1.82, 2.24) is 29.1 Å². The summed E-state index contributed by atoms with van der Waals surface area (Å²) < 4.78 is 3.78. The summed E-state index contributed by atoms with van der Waals surface area (Å²) in [5.74, 6) is -0.191. The molecule has 1 aliphatic heterocycles. The summed E-state index contributed by atoms with van der Waals surface area (Å²) in [7, 11) is 1.81. The molecule has 10 heteroatoms. The zero-order chi connectivity index (χ0) is 33.2. The van der Waals surface area contributed by atoms with E-state index in [1.807, 2.05) is 62.6 Å². The van der Waals surface area contributed by atoms with Crippen molar-refractivity contribution in [3.05, 3.63) is 130 Å². The van der Waals surface area contributed by atoms with Gasteiger partial charge < -0.3 is 9.47 Å². The van der Waals surface area contributed by atoms with Crippen LogP contribution in [0.5, 0.6) is 0 Å². The summed E-state index contributed by atoms with van der Waals surface area (Å²) in [6.45, 7) is 7.04. The summed E-state index contributed by atoms with van der Waals surface area (Å²) in [6.07, 6.45) is 2.39. The van der Waals surface area contributed by atoms with Crippen LogP contribution >= 0.6 is 11.6 Å². The molecule has 1 atom stereocenters. The van der Waals surface area contributed by atoms with Crippen LogP contribution in [-0.2, 0) is 13.6 Å². The van der Waals surface area contributed by atoms with Crippen molar-refractivity contribution < 1.29 is 14.4 Å². The molecule has 0 saturated heterocycles. The molecule has 6 rings (SSSR count). The number of imide groups is 1. The Kier molecular flexibility index (Phi) is 9.09. The molecule has 0 fully saturated rings. The number of aromatic nitrogens is 4. The summed E-state index contributed by atoms with van der Waals surface area (Å²) in [5, 5.41) is 5.13. The number of hydrogen-bond donors (Lipinski definition) is 0. The maximum absolute atomic E-state index is 14.4. The Labute approximate surface area is 279 Å². The first-order chi connectivity index (χ1) is 22.6. The molecule has 9 nitrogen and oxygen atoms in total. The fourth-order valence-electron chi connectivity index (χ4n) is 6.18. The van der Waals surface area contributed by atoms with Crippen LogP contribution in [-0.4, -0.2) is 59.9 Å². The summed E-state index contributed by atoms with van der Waals surface area (Å²) >= 11 is 6.37. The number of amides is 3. The van der Waals surface area contributed by atoms with E-state index >= 15 is 0 Å². The van der Waals surface area contributed by atoms with E-state index in [1.54, 1.807) is 39.9 Å². The normalized spacial score (nSPS) is 13.4. The number of hydrogen-bond acceptors (Lipinski definition) is 5. The highest BCUT2D eigenvalue weighted by Crippen LogP contribution is 2.33. The molecule has 5 aromatic rings. The molecule has 0 spiro atoms. The van der Waals surface area contributed by atoms with E-state index in [0.717, 1.165) is 28.3 Å². The van der Waals surface area contributed by atoms with Crippen molar-refractivity contribution in [1.29, 1.82) is 0 Å². The van der Waals surface area contributed by atoms with Crippen LogP contribution in [0.15, 0.2) is 91.1 Å². The molecule has 1 aliphatic rings. The van der Waals surface area contributed by atoms with Crippen molar-refractivity contribution in [3.63, 3.8) is 0 Å². The van der Waals surface area contributed by atoms with Crippen LogP contribution in [0.3, 0.4) is 0 Å². The van der Waals surface area contributed by atoms with Gasteiger partial charge in [0.05, 0.1) is 22.9 Å². The molecule has 0 N–H and O–H groups in total. The molecule has 47 heavy (non-hydrogen) atoms. The molecule has 3 heterocycles. The van der Waals surface area contributed by atoms with E-state index in [-0.39, 0.29) is 36.7 Å². The SMILES string of the molecule is Cc1cc(C(=O)N(CCCN2C(=O)c3ccccc3C2=O)[C@@H](c2nc(-c3cccc(Cl)c3)cn2Cc2ccccc2)C(C)C)nn1C. The Balaban J connectivity index is 1.38. The van der Waals surface area contributed by atoms with Gasteiger partial charge in [-0.15, -0.1) is 0 Å². The monoisotopic (exact) mass is 648 g/mol. The molecule has 3 amide bonds.